The largest absolute Gasteiger partial charge is 0.396 e. The van der Waals surface area contributed by atoms with E-state index in [1.807, 2.05) is 13.8 Å². The van der Waals surface area contributed by atoms with Crippen molar-refractivity contribution in [1.29, 1.82) is 0 Å². The number of aliphatic hydroxyl groups excluding tert-OH is 1. The van der Waals surface area contributed by atoms with E-state index in [4.69, 9.17) is 5.11 Å². The Labute approximate surface area is 94.3 Å². The summed E-state index contributed by atoms with van der Waals surface area (Å²) in [7, 11) is 0. The van der Waals surface area contributed by atoms with E-state index in [0.29, 0.717) is 6.54 Å². The van der Waals surface area contributed by atoms with Crippen LogP contribution in [0.25, 0.3) is 0 Å². The predicted molar refractivity (Wildman–Crippen MR) is 62.6 cm³/mol. The van der Waals surface area contributed by atoms with Gasteiger partial charge in [0.15, 0.2) is 0 Å². The molecule has 0 fully saturated rings. The van der Waals surface area contributed by atoms with Gasteiger partial charge in [-0.25, -0.2) is 0 Å². The Balaban J connectivity index is 2.72. The molecule has 0 aliphatic heterocycles. The molecule has 1 unspecified atom stereocenters. The molecule has 2 N–H and O–H groups in total. The van der Waals surface area contributed by atoms with E-state index in [1.54, 1.807) is 6.07 Å². The van der Waals surface area contributed by atoms with E-state index in [1.165, 1.54) is 12.1 Å². The molecule has 0 aromatic heterocycles. The summed E-state index contributed by atoms with van der Waals surface area (Å²) in [4.78, 5) is 10.1. The van der Waals surface area contributed by atoms with Crippen LogP contribution in [0.4, 0.5) is 11.4 Å². The van der Waals surface area contributed by atoms with Gasteiger partial charge in [-0.2, -0.15) is 0 Å². The van der Waals surface area contributed by atoms with Crippen molar-refractivity contribution in [2.45, 2.75) is 13.8 Å². The van der Waals surface area contributed by atoms with Gasteiger partial charge in [0.05, 0.1) is 4.92 Å². The highest BCUT2D eigenvalue weighted by atomic mass is 16.6. The highest BCUT2D eigenvalue weighted by Gasteiger charge is 2.08. The fourth-order valence-electron chi connectivity index (χ4n) is 1.31. The molecular formula is C11H16N2O3. The average Bonchev–Trinajstić information content (AvgIpc) is 2.26. The van der Waals surface area contributed by atoms with Crippen molar-refractivity contribution in [3.05, 3.63) is 33.9 Å². The molecule has 0 spiro atoms. The fourth-order valence-corrected chi connectivity index (χ4v) is 1.31. The number of non-ortho nitro benzene ring substituents is 1. The number of rotatable bonds is 5. The summed E-state index contributed by atoms with van der Waals surface area (Å²) in [6.45, 7) is 4.51. The van der Waals surface area contributed by atoms with E-state index >= 15 is 0 Å². The van der Waals surface area contributed by atoms with Crippen molar-refractivity contribution in [2.24, 2.45) is 5.92 Å². The zero-order chi connectivity index (χ0) is 12.1. The van der Waals surface area contributed by atoms with Crippen molar-refractivity contribution in [3.8, 4) is 0 Å². The number of aliphatic hydroxyl groups is 1. The van der Waals surface area contributed by atoms with Gasteiger partial charge in [-0.1, -0.05) is 6.92 Å². The summed E-state index contributed by atoms with van der Waals surface area (Å²) in [5.74, 6) is 0.162. The van der Waals surface area contributed by atoms with E-state index in [9.17, 15) is 10.1 Å². The summed E-state index contributed by atoms with van der Waals surface area (Å²) in [6, 6.07) is 4.70. The second kappa shape index (κ2) is 5.46. The Kier molecular flexibility index (Phi) is 4.25. The molecule has 1 rings (SSSR count). The van der Waals surface area contributed by atoms with Gasteiger partial charge in [0.25, 0.3) is 5.69 Å². The smallest absolute Gasteiger partial charge is 0.269 e. The number of anilines is 1. The Hall–Kier alpha value is -1.62. The number of nitrogens with one attached hydrogen (secondary N) is 1. The van der Waals surface area contributed by atoms with Crippen LogP contribution in [-0.2, 0) is 0 Å². The molecule has 88 valence electrons. The first-order chi connectivity index (χ1) is 7.54. The van der Waals surface area contributed by atoms with Crippen LogP contribution in [-0.4, -0.2) is 23.2 Å². The number of nitro benzene ring substituents is 1. The van der Waals surface area contributed by atoms with E-state index in [-0.39, 0.29) is 18.2 Å². The molecule has 0 radical (unpaired) electrons. The molecule has 0 saturated heterocycles. The summed E-state index contributed by atoms with van der Waals surface area (Å²) in [5.41, 5.74) is 1.79. The highest BCUT2D eigenvalue weighted by molar-refractivity contribution is 5.55. The molecule has 0 aliphatic rings. The Morgan fingerprint density at radius 1 is 1.56 bits per heavy atom. The molecular weight excluding hydrogens is 208 g/mol. The van der Waals surface area contributed by atoms with Crippen LogP contribution >= 0.6 is 0 Å². The van der Waals surface area contributed by atoms with Crippen LogP contribution in [0.1, 0.15) is 12.5 Å². The van der Waals surface area contributed by atoms with E-state index < -0.39 is 4.92 Å². The minimum absolute atomic E-state index is 0.0956. The standard InChI is InChI=1S/C11H16N2O3/c1-8(7-14)6-12-11-4-3-10(13(15)16)5-9(11)2/h3-5,8,12,14H,6-7H2,1-2H3. The summed E-state index contributed by atoms with van der Waals surface area (Å²) in [5, 5.41) is 22.5. The third kappa shape index (κ3) is 3.20. The van der Waals surface area contributed by atoms with Gasteiger partial charge < -0.3 is 10.4 Å². The van der Waals surface area contributed by atoms with Gasteiger partial charge in [-0.3, -0.25) is 10.1 Å². The Morgan fingerprint density at radius 3 is 2.75 bits per heavy atom. The second-order valence-corrected chi connectivity index (χ2v) is 3.92. The number of hydrogen-bond donors (Lipinski definition) is 2. The molecule has 16 heavy (non-hydrogen) atoms. The number of nitrogens with zero attached hydrogens (tertiary/aromatic N) is 1. The van der Waals surface area contributed by atoms with Crippen molar-refractivity contribution in [1.82, 2.24) is 0 Å². The Bertz CT molecular complexity index is 379. The quantitative estimate of drug-likeness (QED) is 0.592. The average molecular weight is 224 g/mol. The molecule has 1 aromatic rings. The number of nitro groups is 1. The summed E-state index contributed by atoms with van der Waals surface area (Å²) >= 11 is 0. The van der Waals surface area contributed by atoms with Crippen LogP contribution in [0.15, 0.2) is 18.2 Å². The summed E-state index contributed by atoms with van der Waals surface area (Å²) in [6.07, 6.45) is 0. The van der Waals surface area contributed by atoms with Gasteiger partial charge in [0.2, 0.25) is 0 Å². The zero-order valence-corrected chi connectivity index (χ0v) is 9.43. The molecule has 1 aromatic carbocycles. The SMILES string of the molecule is Cc1cc([N+](=O)[O-])ccc1NCC(C)CO. The van der Waals surface area contributed by atoms with Gasteiger partial charge >= 0.3 is 0 Å². The van der Waals surface area contributed by atoms with Crippen LogP contribution < -0.4 is 5.32 Å². The molecule has 0 heterocycles. The van der Waals surface area contributed by atoms with E-state index in [2.05, 4.69) is 5.32 Å². The number of aryl methyl sites for hydroxylation is 1. The number of benzene rings is 1. The van der Waals surface area contributed by atoms with Crippen LogP contribution in [0.3, 0.4) is 0 Å². The molecule has 0 saturated carbocycles. The summed E-state index contributed by atoms with van der Waals surface area (Å²) < 4.78 is 0. The van der Waals surface area contributed by atoms with E-state index in [0.717, 1.165) is 11.3 Å². The minimum Gasteiger partial charge on any atom is -0.396 e. The van der Waals surface area contributed by atoms with Gasteiger partial charge in [0, 0.05) is 31.0 Å². The van der Waals surface area contributed by atoms with Crippen LogP contribution in [0, 0.1) is 23.0 Å². The van der Waals surface area contributed by atoms with Crippen molar-refractivity contribution in [2.75, 3.05) is 18.5 Å². The molecule has 0 aliphatic carbocycles. The lowest BCUT2D eigenvalue weighted by molar-refractivity contribution is -0.384. The molecule has 0 amide bonds. The lowest BCUT2D eigenvalue weighted by atomic mass is 10.1. The fraction of sp³-hybridized carbons (Fsp3) is 0.455. The van der Waals surface area contributed by atoms with Gasteiger partial charge in [-0.05, 0) is 24.5 Å². The topological polar surface area (TPSA) is 75.4 Å². The minimum atomic E-state index is -0.410. The van der Waals surface area contributed by atoms with Crippen molar-refractivity contribution < 1.29 is 10.0 Å². The molecule has 1 atom stereocenters. The van der Waals surface area contributed by atoms with Crippen LogP contribution in [0.5, 0.6) is 0 Å². The maximum atomic E-state index is 10.5. The van der Waals surface area contributed by atoms with Crippen LogP contribution in [0.2, 0.25) is 0 Å². The van der Waals surface area contributed by atoms with Gasteiger partial charge in [-0.15, -0.1) is 0 Å². The maximum absolute atomic E-state index is 10.5. The zero-order valence-electron chi connectivity index (χ0n) is 9.43. The predicted octanol–water partition coefficient (Wildman–Crippen LogP) is 1.94. The maximum Gasteiger partial charge on any atom is 0.269 e. The van der Waals surface area contributed by atoms with Gasteiger partial charge in [0.1, 0.15) is 0 Å². The Morgan fingerprint density at radius 2 is 2.25 bits per heavy atom. The molecule has 0 bridgehead atoms. The first-order valence-electron chi connectivity index (χ1n) is 5.14. The third-order valence-electron chi connectivity index (χ3n) is 2.37. The highest BCUT2D eigenvalue weighted by Crippen LogP contribution is 2.21. The second-order valence-electron chi connectivity index (χ2n) is 3.92. The monoisotopic (exact) mass is 224 g/mol. The first kappa shape index (κ1) is 12.4. The van der Waals surface area contributed by atoms with Crippen molar-refractivity contribution in [3.63, 3.8) is 0 Å². The first-order valence-corrected chi connectivity index (χ1v) is 5.14. The third-order valence-corrected chi connectivity index (χ3v) is 2.37. The lowest BCUT2D eigenvalue weighted by Crippen LogP contribution is -2.15. The normalized spacial score (nSPS) is 12.2. The number of hydrogen-bond acceptors (Lipinski definition) is 4. The lowest BCUT2D eigenvalue weighted by Gasteiger charge is -2.12. The molecule has 5 nitrogen and oxygen atoms in total. The van der Waals surface area contributed by atoms with Crippen molar-refractivity contribution >= 4 is 11.4 Å². The molecule has 5 heteroatoms.